The summed E-state index contributed by atoms with van der Waals surface area (Å²) in [6.07, 6.45) is 1.63. The number of benzene rings is 1. The molecule has 0 aliphatic carbocycles. The lowest BCUT2D eigenvalue weighted by molar-refractivity contribution is 0.0287. The Hall–Kier alpha value is -1.39. The first kappa shape index (κ1) is 9.70. The van der Waals surface area contributed by atoms with Gasteiger partial charge in [0.1, 0.15) is 0 Å². The average molecular weight is 180 g/mol. The third-order valence-corrected chi connectivity index (χ3v) is 1.91. The van der Waals surface area contributed by atoms with E-state index in [-0.39, 0.29) is 5.23 Å². The van der Waals surface area contributed by atoms with E-state index in [2.05, 4.69) is 0 Å². The molecule has 4 nitrogen and oxygen atoms in total. The minimum absolute atomic E-state index is 0.0891. The molecule has 1 rings (SSSR count). The third kappa shape index (κ3) is 2.05. The van der Waals surface area contributed by atoms with Crippen LogP contribution in [-0.4, -0.2) is 16.6 Å². The van der Waals surface area contributed by atoms with E-state index in [1.807, 2.05) is 13.0 Å². The Labute approximate surface area is 76.5 Å². The summed E-state index contributed by atoms with van der Waals surface area (Å²) in [5.41, 5.74) is 2.01. The highest BCUT2D eigenvalue weighted by Crippen LogP contribution is 2.21. The van der Waals surface area contributed by atoms with Crippen LogP contribution in [0.2, 0.25) is 0 Å². The standard InChI is InChI=1S/C9H12N2O2/c1-7-3-2-4-9(11(12)13)8(7)5-6-10/h2-4,6,10,12-13H,5H2,1H3. The monoisotopic (exact) mass is 180 g/mol. The van der Waals surface area contributed by atoms with Crippen LogP contribution in [0.25, 0.3) is 0 Å². The van der Waals surface area contributed by atoms with Gasteiger partial charge in [0, 0.05) is 6.42 Å². The van der Waals surface area contributed by atoms with Gasteiger partial charge in [-0.1, -0.05) is 12.1 Å². The number of rotatable bonds is 3. The van der Waals surface area contributed by atoms with E-state index >= 15 is 0 Å². The van der Waals surface area contributed by atoms with Gasteiger partial charge in [0.05, 0.1) is 5.69 Å². The second-order valence-corrected chi connectivity index (χ2v) is 2.77. The van der Waals surface area contributed by atoms with Crippen molar-refractivity contribution >= 4 is 11.9 Å². The molecule has 0 spiro atoms. The second kappa shape index (κ2) is 4.02. The van der Waals surface area contributed by atoms with Gasteiger partial charge in [-0.25, -0.2) is 0 Å². The van der Waals surface area contributed by atoms with Crippen molar-refractivity contribution in [3.8, 4) is 0 Å². The van der Waals surface area contributed by atoms with Gasteiger partial charge in [-0.3, -0.25) is 10.4 Å². The zero-order valence-electron chi connectivity index (χ0n) is 7.36. The van der Waals surface area contributed by atoms with Crippen molar-refractivity contribution in [1.29, 1.82) is 5.41 Å². The van der Waals surface area contributed by atoms with Gasteiger partial charge < -0.3 is 5.41 Å². The topological polar surface area (TPSA) is 67.6 Å². The van der Waals surface area contributed by atoms with E-state index in [1.165, 1.54) is 6.21 Å². The summed E-state index contributed by atoms with van der Waals surface area (Å²) in [6, 6.07) is 5.19. The van der Waals surface area contributed by atoms with Crippen LogP contribution in [0.5, 0.6) is 0 Å². The van der Waals surface area contributed by atoms with Crippen LogP contribution in [0.1, 0.15) is 11.1 Å². The summed E-state index contributed by atoms with van der Waals surface area (Å²) in [5, 5.41) is 24.8. The molecule has 0 amide bonds. The first-order chi connectivity index (χ1) is 6.16. The number of hydrogen-bond donors (Lipinski definition) is 3. The van der Waals surface area contributed by atoms with E-state index in [1.54, 1.807) is 12.1 Å². The Morgan fingerprint density at radius 1 is 1.46 bits per heavy atom. The number of nitrogens with one attached hydrogen (secondary N) is 1. The van der Waals surface area contributed by atoms with Crippen LogP contribution in [0.3, 0.4) is 0 Å². The highest BCUT2D eigenvalue weighted by atomic mass is 16.8. The first-order valence-corrected chi connectivity index (χ1v) is 3.92. The zero-order valence-corrected chi connectivity index (χ0v) is 7.36. The molecule has 4 heteroatoms. The van der Waals surface area contributed by atoms with E-state index < -0.39 is 0 Å². The van der Waals surface area contributed by atoms with Crippen LogP contribution in [0.4, 0.5) is 5.69 Å². The van der Waals surface area contributed by atoms with Crippen molar-refractivity contribution in [3.05, 3.63) is 29.3 Å². The first-order valence-electron chi connectivity index (χ1n) is 3.92. The molecule has 0 aromatic heterocycles. The molecule has 70 valence electrons. The molecule has 0 atom stereocenters. The maximum Gasteiger partial charge on any atom is 0.0981 e. The molecule has 3 N–H and O–H groups in total. The Balaban J connectivity index is 3.16. The van der Waals surface area contributed by atoms with Gasteiger partial charge in [0.25, 0.3) is 0 Å². The van der Waals surface area contributed by atoms with Gasteiger partial charge >= 0.3 is 0 Å². The maximum absolute atomic E-state index is 8.87. The van der Waals surface area contributed by atoms with Crippen LogP contribution in [0.15, 0.2) is 18.2 Å². The molecule has 0 bridgehead atoms. The number of nitrogens with zero attached hydrogens (tertiary/aromatic N) is 1. The normalized spacial score (nSPS) is 9.77. The lowest BCUT2D eigenvalue weighted by atomic mass is 10.0. The Morgan fingerprint density at radius 3 is 2.69 bits per heavy atom. The smallest absolute Gasteiger partial charge is 0.0981 e. The van der Waals surface area contributed by atoms with Gasteiger partial charge in [-0.15, -0.1) is 5.23 Å². The lowest BCUT2D eigenvalue weighted by Crippen LogP contribution is -2.14. The Kier molecular flexibility index (Phi) is 3.00. The third-order valence-electron chi connectivity index (χ3n) is 1.91. The van der Waals surface area contributed by atoms with Crippen molar-refractivity contribution in [2.75, 3.05) is 5.23 Å². The lowest BCUT2D eigenvalue weighted by Gasteiger charge is -2.14. The van der Waals surface area contributed by atoms with E-state index in [9.17, 15) is 0 Å². The fourth-order valence-electron chi connectivity index (χ4n) is 1.24. The molecule has 1 aromatic carbocycles. The summed E-state index contributed by atoms with van der Waals surface area (Å²) < 4.78 is 0. The van der Waals surface area contributed by atoms with E-state index in [4.69, 9.17) is 15.8 Å². The van der Waals surface area contributed by atoms with Gasteiger partial charge in [0.15, 0.2) is 0 Å². The summed E-state index contributed by atoms with van der Waals surface area (Å²) in [4.78, 5) is 0. The minimum atomic E-state index is 0.0891. The van der Waals surface area contributed by atoms with Gasteiger partial charge in [0.2, 0.25) is 0 Å². The van der Waals surface area contributed by atoms with E-state index in [0.717, 1.165) is 11.1 Å². The average Bonchev–Trinajstić information content (AvgIpc) is 2.08. The molecule has 0 saturated heterocycles. The van der Waals surface area contributed by atoms with Crippen LogP contribution in [-0.2, 0) is 6.42 Å². The fraction of sp³-hybridized carbons (Fsp3) is 0.222. The fourth-order valence-corrected chi connectivity index (χ4v) is 1.24. The second-order valence-electron chi connectivity index (χ2n) is 2.77. The largest absolute Gasteiger partial charge is 0.313 e. The molecule has 0 radical (unpaired) electrons. The SMILES string of the molecule is Cc1cccc(N(O)O)c1CC=N. The zero-order chi connectivity index (χ0) is 9.84. The van der Waals surface area contributed by atoms with Crippen molar-refractivity contribution in [2.45, 2.75) is 13.3 Å². The van der Waals surface area contributed by atoms with Crippen molar-refractivity contribution in [2.24, 2.45) is 0 Å². The molecular formula is C9H12N2O2. The van der Waals surface area contributed by atoms with Gasteiger partial charge in [-0.2, -0.15) is 0 Å². The Bertz CT molecular complexity index is 310. The highest BCUT2D eigenvalue weighted by molar-refractivity contribution is 5.65. The van der Waals surface area contributed by atoms with Crippen molar-refractivity contribution < 1.29 is 10.4 Å². The molecule has 13 heavy (non-hydrogen) atoms. The number of aryl methyl sites for hydroxylation is 1. The van der Waals surface area contributed by atoms with Crippen molar-refractivity contribution in [1.82, 2.24) is 0 Å². The van der Waals surface area contributed by atoms with Crippen LogP contribution < -0.4 is 5.23 Å². The van der Waals surface area contributed by atoms with Crippen LogP contribution in [0, 0.1) is 12.3 Å². The Morgan fingerprint density at radius 2 is 2.15 bits per heavy atom. The summed E-state index contributed by atoms with van der Waals surface area (Å²) in [5.74, 6) is 0. The van der Waals surface area contributed by atoms with Gasteiger partial charge in [-0.05, 0) is 30.3 Å². The maximum atomic E-state index is 8.87. The molecule has 0 fully saturated rings. The summed E-state index contributed by atoms with van der Waals surface area (Å²) in [7, 11) is 0. The molecule has 0 saturated carbocycles. The van der Waals surface area contributed by atoms with E-state index in [0.29, 0.717) is 12.1 Å². The van der Waals surface area contributed by atoms with Crippen LogP contribution >= 0.6 is 0 Å². The molecular weight excluding hydrogens is 168 g/mol. The predicted octanol–water partition coefficient (Wildman–Crippen LogP) is 1.77. The van der Waals surface area contributed by atoms with Crippen molar-refractivity contribution in [3.63, 3.8) is 0 Å². The molecule has 0 aliphatic rings. The number of hydrogen-bond acceptors (Lipinski definition) is 4. The molecule has 0 unspecified atom stereocenters. The highest BCUT2D eigenvalue weighted by Gasteiger charge is 2.07. The summed E-state index contributed by atoms with van der Waals surface area (Å²) >= 11 is 0. The quantitative estimate of drug-likeness (QED) is 0.490. The molecule has 1 aromatic rings. The summed E-state index contributed by atoms with van der Waals surface area (Å²) in [6.45, 7) is 1.87. The predicted molar refractivity (Wildman–Crippen MR) is 49.7 cm³/mol. The molecule has 0 heterocycles. The number of anilines is 1. The molecule has 0 aliphatic heterocycles. The minimum Gasteiger partial charge on any atom is -0.313 e.